The molecule has 0 aliphatic heterocycles. The van der Waals surface area contributed by atoms with Crippen LogP contribution in [-0.2, 0) is 4.79 Å². The highest BCUT2D eigenvalue weighted by Crippen LogP contribution is 2.13. The minimum atomic E-state index is -0.667. The van der Waals surface area contributed by atoms with Crippen LogP contribution in [0.25, 0.3) is 0 Å². The summed E-state index contributed by atoms with van der Waals surface area (Å²) in [5.41, 5.74) is 0. The maximum absolute atomic E-state index is 10.4. The minimum Gasteiger partial charge on any atom is -0.481 e. The van der Waals surface area contributed by atoms with Gasteiger partial charge in [-0.15, -0.1) is 0 Å². The van der Waals surface area contributed by atoms with Crippen molar-refractivity contribution in [3.05, 3.63) is 12.2 Å². The molecule has 0 fully saturated rings. The number of aliphatic carboxylic acids is 1. The van der Waals surface area contributed by atoms with E-state index in [1.165, 1.54) is 103 Å². The van der Waals surface area contributed by atoms with Crippen molar-refractivity contribution in [3.63, 3.8) is 0 Å². The third-order valence-electron chi connectivity index (χ3n) is 5.21. The Labute approximate surface area is 168 Å². The van der Waals surface area contributed by atoms with Crippen molar-refractivity contribution in [2.75, 3.05) is 6.61 Å². The van der Waals surface area contributed by atoms with E-state index in [1.54, 1.807) is 0 Å². The lowest BCUT2D eigenvalue weighted by Gasteiger charge is -2.02. The first kappa shape index (κ1) is 26.2. The third-order valence-corrected chi connectivity index (χ3v) is 5.21. The van der Waals surface area contributed by atoms with Crippen LogP contribution in [-0.4, -0.2) is 22.8 Å². The van der Waals surface area contributed by atoms with Crippen LogP contribution in [0.2, 0.25) is 0 Å². The zero-order valence-corrected chi connectivity index (χ0v) is 17.8. The average molecular weight is 383 g/mol. The van der Waals surface area contributed by atoms with E-state index in [0.717, 1.165) is 19.3 Å². The van der Waals surface area contributed by atoms with Crippen LogP contribution in [0.1, 0.15) is 128 Å². The first-order valence-corrected chi connectivity index (χ1v) is 11.7. The van der Waals surface area contributed by atoms with Gasteiger partial charge in [0.15, 0.2) is 0 Å². The molecule has 0 saturated heterocycles. The van der Waals surface area contributed by atoms with Gasteiger partial charge in [0.1, 0.15) is 0 Å². The van der Waals surface area contributed by atoms with Crippen LogP contribution in [0, 0.1) is 0 Å². The second kappa shape index (κ2) is 23.2. The molecule has 0 radical (unpaired) electrons. The summed E-state index contributed by atoms with van der Waals surface area (Å²) in [6, 6.07) is 0. The third kappa shape index (κ3) is 25.2. The Hall–Kier alpha value is -0.830. The summed E-state index contributed by atoms with van der Waals surface area (Å²) in [5.74, 6) is -0.667. The van der Waals surface area contributed by atoms with Crippen molar-refractivity contribution in [3.8, 4) is 0 Å². The number of carboxylic acids is 1. The second-order valence-electron chi connectivity index (χ2n) is 7.93. The average Bonchev–Trinajstić information content (AvgIpc) is 2.65. The maximum atomic E-state index is 10.4. The quantitative estimate of drug-likeness (QED) is 0.151. The molecule has 0 heterocycles. The molecule has 27 heavy (non-hydrogen) atoms. The summed E-state index contributed by atoms with van der Waals surface area (Å²) in [5, 5.41) is 17.3. The predicted octanol–water partition coefficient (Wildman–Crippen LogP) is 7.42. The first-order valence-electron chi connectivity index (χ1n) is 11.7. The second-order valence-corrected chi connectivity index (χ2v) is 7.93. The molecule has 160 valence electrons. The van der Waals surface area contributed by atoms with Gasteiger partial charge >= 0.3 is 5.97 Å². The van der Waals surface area contributed by atoms with Gasteiger partial charge in [-0.25, -0.2) is 0 Å². The van der Waals surface area contributed by atoms with Crippen LogP contribution < -0.4 is 0 Å². The lowest BCUT2D eigenvalue weighted by atomic mass is 10.0. The van der Waals surface area contributed by atoms with Crippen molar-refractivity contribution < 1.29 is 15.0 Å². The summed E-state index contributed by atoms with van der Waals surface area (Å²) in [6.07, 6.45) is 28.8. The fraction of sp³-hybridized carbons (Fsp3) is 0.875. The summed E-state index contributed by atoms with van der Waals surface area (Å²) in [6.45, 7) is 0.355. The molecule has 0 atom stereocenters. The SMILES string of the molecule is O=C(O)CCCCCCC/C=C/CCCCCCCCCCCCCCO. The van der Waals surface area contributed by atoms with Crippen LogP contribution in [0.4, 0.5) is 0 Å². The molecule has 0 bridgehead atoms. The Balaban J connectivity index is 3.07. The lowest BCUT2D eigenvalue weighted by Crippen LogP contribution is -1.93. The van der Waals surface area contributed by atoms with E-state index in [-0.39, 0.29) is 0 Å². The normalized spacial score (nSPS) is 11.4. The molecule has 0 aliphatic rings. The van der Waals surface area contributed by atoms with Gasteiger partial charge in [0.25, 0.3) is 0 Å². The highest BCUT2D eigenvalue weighted by Gasteiger charge is 1.96. The van der Waals surface area contributed by atoms with E-state index in [9.17, 15) is 4.79 Å². The van der Waals surface area contributed by atoms with Gasteiger partial charge in [-0.3, -0.25) is 4.79 Å². The lowest BCUT2D eigenvalue weighted by molar-refractivity contribution is -0.137. The molecular weight excluding hydrogens is 336 g/mol. The molecule has 0 rings (SSSR count). The molecule has 0 amide bonds. The fourth-order valence-electron chi connectivity index (χ4n) is 3.45. The molecule has 0 aromatic heterocycles. The topological polar surface area (TPSA) is 57.5 Å². The highest BCUT2D eigenvalue weighted by atomic mass is 16.4. The van der Waals surface area contributed by atoms with Gasteiger partial charge in [-0.05, 0) is 38.5 Å². The molecule has 2 N–H and O–H groups in total. The van der Waals surface area contributed by atoms with E-state index in [4.69, 9.17) is 10.2 Å². The molecule has 3 heteroatoms. The summed E-state index contributed by atoms with van der Waals surface area (Å²) >= 11 is 0. The van der Waals surface area contributed by atoms with Crippen molar-refractivity contribution in [2.24, 2.45) is 0 Å². The van der Waals surface area contributed by atoms with Crippen molar-refractivity contribution in [2.45, 2.75) is 128 Å². The molecule has 0 unspecified atom stereocenters. The Morgan fingerprint density at radius 2 is 0.852 bits per heavy atom. The Bertz CT molecular complexity index is 326. The monoisotopic (exact) mass is 382 g/mol. The van der Waals surface area contributed by atoms with Crippen LogP contribution >= 0.6 is 0 Å². The maximum Gasteiger partial charge on any atom is 0.303 e. The number of allylic oxidation sites excluding steroid dienone is 2. The van der Waals surface area contributed by atoms with Crippen molar-refractivity contribution in [1.82, 2.24) is 0 Å². The molecule has 0 spiro atoms. The molecule has 0 aliphatic carbocycles. The first-order chi connectivity index (χ1) is 13.3. The minimum absolute atomic E-state index is 0.325. The number of hydrogen-bond acceptors (Lipinski definition) is 2. The van der Waals surface area contributed by atoms with E-state index < -0.39 is 5.97 Å². The van der Waals surface area contributed by atoms with Gasteiger partial charge in [-0.1, -0.05) is 95.6 Å². The standard InChI is InChI=1S/C24H46O3/c25-23-21-19-17-15-13-11-9-7-5-3-1-2-4-6-8-10-12-14-16-18-20-22-24(26)27/h6,8,25H,1-5,7,9-23H2,(H,26,27)/b8-6+. The largest absolute Gasteiger partial charge is 0.481 e. The Kier molecular flexibility index (Phi) is 22.5. The van der Waals surface area contributed by atoms with Crippen LogP contribution in [0.15, 0.2) is 12.2 Å². The summed E-state index contributed by atoms with van der Waals surface area (Å²) in [4.78, 5) is 10.4. The summed E-state index contributed by atoms with van der Waals surface area (Å²) in [7, 11) is 0. The predicted molar refractivity (Wildman–Crippen MR) is 116 cm³/mol. The molecule has 0 aromatic rings. The number of carbonyl (C=O) groups is 1. The molecule has 0 saturated carbocycles. The van der Waals surface area contributed by atoms with Gasteiger partial charge in [0.2, 0.25) is 0 Å². The zero-order valence-electron chi connectivity index (χ0n) is 17.8. The molecule has 3 nitrogen and oxygen atoms in total. The Morgan fingerprint density at radius 3 is 1.22 bits per heavy atom. The fourth-order valence-corrected chi connectivity index (χ4v) is 3.45. The van der Waals surface area contributed by atoms with E-state index >= 15 is 0 Å². The number of aliphatic hydroxyl groups excluding tert-OH is 1. The number of aliphatic hydroxyl groups is 1. The number of unbranched alkanes of at least 4 members (excludes halogenated alkanes) is 17. The van der Waals surface area contributed by atoms with Gasteiger partial charge in [-0.2, -0.15) is 0 Å². The number of carboxylic acid groups (broad SMARTS) is 1. The van der Waals surface area contributed by atoms with Gasteiger partial charge in [0, 0.05) is 13.0 Å². The van der Waals surface area contributed by atoms with E-state index in [1.807, 2.05) is 0 Å². The zero-order chi connectivity index (χ0) is 19.8. The van der Waals surface area contributed by atoms with E-state index in [0.29, 0.717) is 13.0 Å². The summed E-state index contributed by atoms with van der Waals surface area (Å²) < 4.78 is 0. The highest BCUT2D eigenvalue weighted by molar-refractivity contribution is 5.66. The van der Waals surface area contributed by atoms with Crippen molar-refractivity contribution in [1.29, 1.82) is 0 Å². The smallest absolute Gasteiger partial charge is 0.303 e. The van der Waals surface area contributed by atoms with Crippen LogP contribution in [0.5, 0.6) is 0 Å². The molecular formula is C24H46O3. The van der Waals surface area contributed by atoms with Gasteiger partial charge in [0.05, 0.1) is 0 Å². The Morgan fingerprint density at radius 1 is 0.519 bits per heavy atom. The number of rotatable bonds is 22. The van der Waals surface area contributed by atoms with Gasteiger partial charge < -0.3 is 10.2 Å². The van der Waals surface area contributed by atoms with Crippen LogP contribution in [0.3, 0.4) is 0 Å². The van der Waals surface area contributed by atoms with Crippen molar-refractivity contribution >= 4 is 5.97 Å². The number of hydrogen-bond donors (Lipinski definition) is 2. The molecule has 0 aromatic carbocycles. The van der Waals surface area contributed by atoms with E-state index in [2.05, 4.69) is 12.2 Å².